The van der Waals surface area contributed by atoms with Crippen LogP contribution in [0.3, 0.4) is 0 Å². The van der Waals surface area contributed by atoms with E-state index in [9.17, 15) is 9.59 Å². The third kappa shape index (κ3) is 6.89. The Morgan fingerprint density at radius 2 is 1.82 bits per heavy atom. The molecule has 0 fully saturated rings. The molecule has 0 aliphatic carbocycles. The Labute approximate surface area is 201 Å². The lowest BCUT2D eigenvalue weighted by Gasteiger charge is -2.10. The number of amides is 1. The van der Waals surface area contributed by atoms with Crippen molar-refractivity contribution in [2.45, 2.75) is 13.3 Å². The zero-order valence-corrected chi connectivity index (χ0v) is 19.7. The van der Waals surface area contributed by atoms with Gasteiger partial charge in [-0.15, -0.1) is 6.58 Å². The molecule has 7 heteroatoms. The molecule has 0 aliphatic rings. The standard InChI is InChI=1S/C26H23BrN2O4/c1-3-8-19-10-5-7-12-23(19)32-17-25(30)29-28-16-20-15-21(27)13-14-24(20)33-26(31)22-11-6-4-9-18(22)2/h3-7,9-16H,1,8,17H2,2H3,(H,29,30)/b28-16+. The molecule has 33 heavy (non-hydrogen) atoms. The maximum Gasteiger partial charge on any atom is 0.343 e. The number of halogens is 1. The number of hydrogen-bond donors (Lipinski definition) is 1. The fourth-order valence-corrected chi connectivity index (χ4v) is 3.37. The molecule has 0 unspecified atom stereocenters. The highest BCUT2D eigenvalue weighted by molar-refractivity contribution is 9.10. The Morgan fingerprint density at radius 3 is 2.61 bits per heavy atom. The van der Waals surface area contributed by atoms with Gasteiger partial charge in [0.1, 0.15) is 11.5 Å². The van der Waals surface area contributed by atoms with E-state index in [-0.39, 0.29) is 6.61 Å². The van der Waals surface area contributed by atoms with Gasteiger partial charge in [-0.1, -0.05) is 58.4 Å². The zero-order chi connectivity index (χ0) is 23.6. The fraction of sp³-hybridized carbons (Fsp3) is 0.115. The van der Waals surface area contributed by atoms with Gasteiger partial charge < -0.3 is 9.47 Å². The van der Waals surface area contributed by atoms with Crippen molar-refractivity contribution in [3.8, 4) is 11.5 Å². The topological polar surface area (TPSA) is 77.0 Å². The average molecular weight is 507 g/mol. The minimum atomic E-state index is -0.472. The summed E-state index contributed by atoms with van der Waals surface area (Å²) in [5.41, 5.74) is 5.18. The number of carbonyl (C=O) groups is 2. The van der Waals surface area contributed by atoms with Gasteiger partial charge in [-0.3, -0.25) is 4.79 Å². The van der Waals surface area contributed by atoms with E-state index in [1.165, 1.54) is 6.21 Å². The number of para-hydroxylation sites is 1. The maximum absolute atomic E-state index is 12.6. The number of nitrogens with one attached hydrogen (secondary N) is 1. The number of allylic oxidation sites excluding steroid dienone is 1. The van der Waals surface area contributed by atoms with Crippen molar-refractivity contribution in [1.29, 1.82) is 0 Å². The van der Waals surface area contributed by atoms with E-state index in [1.807, 2.05) is 37.3 Å². The summed E-state index contributed by atoms with van der Waals surface area (Å²) in [6, 6.07) is 19.8. The van der Waals surface area contributed by atoms with E-state index in [2.05, 4.69) is 33.0 Å². The molecule has 1 amide bonds. The number of rotatable bonds is 9. The first-order valence-corrected chi connectivity index (χ1v) is 11.0. The third-order valence-corrected chi connectivity index (χ3v) is 5.12. The molecule has 168 valence electrons. The number of hydrogen-bond acceptors (Lipinski definition) is 5. The van der Waals surface area contributed by atoms with Gasteiger partial charge >= 0.3 is 5.97 Å². The summed E-state index contributed by atoms with van der Waals surface area (Å²) < 4.78 is 11.9. The Bertz CT molecular complexity index is 1190. The molecule has 0 heterocycles. The van der Waals surface area contributed by atoms with Crippen LogP contribution >= 0.6 is 15.9 Å². The molecule has 0 saturated carbocycles. The molecule has 0 radical (unpaired) electrons. The average Bonchev–Trinajstić information content (AvgIpc) is 2.80. The number of carbonyl (C=O) groups excluding carboxylic acids is 2. The lowest BCUT2D eigenvalue weighted by atomic mass is 10.1. The molecular weight excluding hydrogens is 484 g/mol. The van der Waals surface area contributed by atoms with Crippen LogP contribution in [-0.2, 0) is 11.2 Å². The van der Waals surface area contributed by atoms with Gasteiger partial charge in [0.05, 0.1) is 11.8 Å². The van der Waals surface area contributed by atoms with Gasteiger partial charge in [0, 0.05) is 10.0 Å². The van der Waals surface area contributed by atoms with Crippen molar-refractivity contribution in [2.24, 2.45) is 5.10 Å². The molecule has 3 aromatic rings. The van der Waals surface area contributed by atoms with E-state index in [0.717, 1.165) is 15.6 Å². The first-order valence-electron chi connectivity index (χ1n) is 10.2. The SMILES string of the molecule is C=CCc1ccccc1OCC(=O)N/N=C/c1cc(Br)ccc1OC(=O)c1ccccc1C. The van der Waals surface area contributed by atoms with E-state index < -0.39 is 11.9 Å². The van der Waals surface area contributed by atoms with Gasteiger partial charge in [0.15, 0.2) is 6.61 Å². The highest BCUT2D eigenvalue weighted by atomic mass is 79.9. The number of hydrazone groups is 1. The largest absolute Gasteiger partial charge is 0.483 e. The van der Waals surface area contributed by atoms with E-state index in [0.29, 0.717) is 29.0 Å². The predicted octanol–water partition coefficient (Wildman–Crippen LogP) is 5.23. The first kappa shape index (κ1) is 23.9. The Kier molecular flexibility index (Phi) is 8.55. The molecule has 0 spiro atoms. The number of esters is 1. The van der Waals surface area contributed by atoms with Crippen molar-refractivity contribution < 1.29 is 19.1 Å². The smallest absolute Gasteiger partial charge is 0.343 e. The second-order valence-corrected chi connectivity index (χ2v) is 7.98. The molecule has 6 nitrogen and oxygen atoms in total. The molecular formula is C26H23BrN2O4. The molecule has 0 aliphatic heterocycles. The van der Waals surface area contributed by atoms with E-state index >= 15 is 0 Å². The van der Waals surface area contributed by atoms with Gasteiger partial charge in [-0.2, -0.15) is 5.10 Å². The number of ether oxygens (including phenoxy) is 2. The van der Waals surface area contributed by atoms with Gasteiger partial charge in [0.2, 0.25) is 0 Å². The molecule has 0 saturated heterocycles. The summed E-state index contributed by atoms with van der Waals surface area (Å²) in [5.74, 6) is 0.0433. The van der Waals surface area contributed by atoms with Crippen molar-refractivity contribution in [3.63, 3.8) is 0 Å². The zero-order valence-electron chi connectivity index (χ0n) is 18.1. The number of benzene rings is 3. The van der Waals surface area contributed by atoms with E-state index in [4.69, 9.17) is 9.47 Å². The summed E-state index contributed by atoms with van der Waals surface area (Å²) in [6.07, 6.45) is 3.83. The molecule has 0 bridgehead atoms. The third-order valence-electron chi connectivity index (χ3n) is 4.63. The van der Waals surface area contributed by atoms with Crippen LogP contribution in [0.5, 0.6) is 11.5 Å². The molecule has 0 aromatic heterocycles. The van der Waals surface area contributed by atoms with Crippen LogP contribution in [0, 0.1) is 6.92 Å². The van der Waals surface area contributed by atoms with Crippen LogP contribution in [0.4, 0.5) is 0 Å². The summed E-state index contributed by atoms with van der Waals surface area (Å²) in [7, 11) is 0. The van der Waals surface area contributed by atoms with Crippen LogP contribution in [0.15, 0.2) is 89.0 Å². The molecule has 3 rings (SSSR count). The van der Waals surface area contributed by atoms with Crippen LogP contribution in [0.2, 0.25) is 0 Å². The highest BCUT2D eigenvalue weighted by Crippen LogP contribution is 2.23. The normalized spacial score (nSPS) is 10.6. The highest BCUT2D eigenvalue weighted by Gasteiger charge is 2.13. The fourth-order valence-electron chi connectivity index (χ4n) is 2.99. The first-order chi connectivity index (χ1) is 16.0. The van der Waals surface area contributed by atoms with Crippen molar-refractivity contribution in [2.75, 3.05) is 6.61 Å². The van der Waals surface area contributed by atoms with Crippen LogP contribution < -0.4 is 14.9 Å². The predicted molar refractivity (Wildman–Crippen MR) is 132 cm³/mol. The second-order valence-electron chi connectivity index (χ2n) is 7.07. The lowest BCUT2D eigenvalue weighted by Crippen LogP contribution is -2.24. The molecule has 0 atom stereocenters. The summed E-state index contributed by atoms with van der Waals surface area (Å²) in [4.78, 5) is 24.7. The Morgan fingerprint density at radius 1 is 1.06 bits per heavy atom. The van der Waals surface area contributed by atoms with Gasteiger partial charge in [0.25, 0.3) is 5.91 Å². The Hall–Kier alpha value is -3.71. The van der Waals surface area contributed by atoms with Gasteiger partial charge in [-0.05, 0) is 54.8 Å². The minimum absolute atomic E-state index is 0.195. The van der Waals surface area contributed by atoms with E-state index in [1.54, 1.807) is 42.5 Å². The second kappa shape index (κ2) is 11.8. The van der Waals surface area contributed by atoms with Crippen molar-refractivity contribution in [3.05, 3.63) is 106 Å². The van der Waals surface area contributed by atoms with Crippen molar-refractivity contribution >= 4 is 34.0 Å². The summed E-state index contributed by atoms with van der Waals surface area (Å²) >= 11 is 3.39. The monoisotopic (exact) mass is 506 g/mol. The molecule has 3 aromatic carbocycles. The van der Waals surface area contributed by atoms with Crippen LogP contribution in [0.25, 0.3) is 0 Å². The molecule has 1 N–H and O–H groups in total. The van der Waals surface area contributed by atoms with Gasteiger partial charge in [-0.25, -0.2) is 10.2 Å². The number of aryl methyl sites for hydroxylation is 1. The Balaban J connectivity index is 1.63. The van der Waals surface area contributed by atoms with Crippen LogP contribution in [-0.4, -0.2) is 24.7 Å². The summed E-state index contributed by atoms with van der Waals surface area (Å²) in [5, 5.41) is 3.98. The van der Waals surface area contributed by atoms with Crippen LogP contribution in [0.1, 0.15) is 27.0 Å². The minimum Gasteiger partial charge on any atom is -0.483 e. The lowest BCUT2D eigenvalue weighted by molar-refractivity contribution is -0.123. The summed E-state index contributed by atoms with van der Waals surface area (Å²) in [6.45, 7) is 5.37. The number of nitrogens with zero attached hydrogens (tertiary/aromatic N) is 1. The maximum atomic E-state index is 12.6. The quantitative estimate of drug-likeness (QED) is 0.141. The van der Waals surface area contributed by atoms with Crippen molar-refractivity contribution in [1.82, 2.24) is 5.43 Å².